The lowest BCUT2D eigenvalue weighted by molar-refractivity contribution is 0.0541. The second-order valence-corrected chi connectivity index (χ2v) is 7.79. The van der Waals surface area contributed by atoms with Crippen molar-refractivity contribution in [2.75, 3.05) is 5.32 Å². The first-order chi connectivity index (χ1) is 11.4. The van der Waals surface area contributed by atoms with Crippen molar-refractivity contribution in [2.24, 2.45) is 0 Å². The van der Waals surface area contributed by atoms with Gasteiger partial charge in [-0.1, -0.05) is 0 Å². The molecule has 0 aliphatic carbocycles. The van der Waals surface area contributed by atoms with Crippen LogP contribution in [0.5, 0.6) is 0 Å². The van der Waals surface area contributed by atoms with Crippen LogP contribution in [0.3, 0.4) is 0 Å². The Kier molecular flexibility index (Phi) is 4.84. The number of ether oxygens (including phenoxy) is 2. The number of carbonyl (C=O) groups is 2. The van der Waals surface area contributed by atoms with E-state index in [9.17, 15) is 9.59 Å². The van der Waals surface area contributed by atoms with E-state index in [0.29, 0.717) is 16.6 Å². The fraction of sp³-hybridized carbons (Fsp3) is 0.421. The average molecular weight is 344 g/mol. The van der Waals surface area contributed by atoms with Crippen molar-refractivity contribution in [1.82, 2.24) is 4.57 Å². The van der Waals surface area contributed by atoms with E-state index in [1.165, 1.54) is 4.57 Å². The van der Waals surface area contributed by atoms with Crippen molar-refractivity contribution in [2.45, 2.75) is 52.7 Å². The number of fused-ring (bicyclic) bond motifs is 1. The number of benzene rings is 1. The molecule has 0 saturated carbocycles. The Morgan fingerprint density at radius 2 is 1.60 bits per heavy atom. The molecule has 1 aromatic heterocycles. The molecule has 0 saturated heterocycles. The van der Waals surface area contributed by atoms with Gasteiger partial charge in [-0.2, -0.15) is 0 Å². The highest BCUT2D eigenvalue weighted by Gasteiger charge is 2.21. The monoisotopic (exact) mass is 344 g/mol. The van der Waals surface area contributed by atoms with Gasteiger partial charge in [0.25, 0.3) is 0 Å². The number of anilines is 1. The highest BCUT2D eigenvalue weighted by atomic mass is 16.6. The molecule has 6 heteroatoms. The first kappa shape index (κ1) is 18.8. The highest BCUT2D eigenvalue weighted by Crippen LogP contribution is 2.25. The largest absolute Gasteiger partial charge is 0.444 e. The molecular formula is C19H24N2O4. The lowest BCUT2D eigenvalue weighted by Gasteiger charge is -2.20. The first-order valence-electron chi connectivity index (χ1n) is 8.00. The minimum absolute atomic E-state index is 0.263. The van der Waals surface area contributed by atoms with E-state index < -0.39 is 23.4 Å². The minimum Gasteiger partial charge on any atom is -0.444 e. The molecule has 134 valence electrons. The number of rotatable bonds is 1. The van der Waals surface area contributed by atoms with Gasteiger partial charge in [0.1, 0.15) is 11.2 Å². The van der Waals surface area contributed by atoms with Crippen LogP contribution in [0.2, 0.25) is 0 Å². The molecule has 0 fully saturated rings. The van der Waals surface area contributed by atoms with Gasteiger partial charge >= 0.3 is 12.2 Å². The maximum absolute atomic E-state index is 12.3. The standard InChI is InChI=1S/C19H24N2O4/c1-12-10-13-11-14(20-16(22)24-18(2,3)4)8-9-15(13)21(12)17(23)25-19(5,6)7/h1,8-11H,2-7H3,(H,20,22). The summed E-state index contributed by atoms with van der Waals surface area (Å²) < 4.78 is 11.9. The molecular weight excluding hydrogens is 320 g/mol. The highest BCUT2D eigenvalue weighted by molar-refractivity contribution is 5.95. The quantitative estimate of drug-likeness (QED) is 0.804. The van der Waals surface area contributed by atoms with E-state index in [4.69, 9.17) is 16.4 Å². The SMILES string of the molecule is [CH]c1cc2cc(NC(=O)OC(C)(C)C)ccc2n1C(=O)OC(C)(C)C. The molecule has 0 aliphatic rings. The Labute approximate surface area is 148 Å². The Morgan fingerprint density at radius 3 is 2.16 bits per heavy atom. The van der Waals surface area contributed by atoms with Gasteiger partial charge in [0.15, 0.2) is 0 Å². The van der Waals surface area contributed by atoms with Crippen LogP contribution < -0.4 is 5.32 Å². The number of amides is 1. The van der Waals surface area contributed by atoms with Gasteiger partial charge in [0.2, 0.25) is 0 Å². The van der Waals surface area contributed by atoms with E-state index in [2.05, 4.69) is 5.32 Å². The Morgan fingerprint density at radius 1 is 1.00 bits per heavy atom. The Balaban J connectivity index is 2.28. The molecule has 0 spiro atoms. The summed E-state index contributed by atoms with van der Waals surface area (Å²) in [4.78, 5) is 24.2. The zero-order valence-electron chi connectivity index (χ0n) is 15.5. The minimum atomic E-state index is -0.627. The molecule has 2 rings (SSSR count). The molecule has 0 atom stereocenters. The molecule has 25 heavy (non-hydrogen) atoms. The zero-order chi connectivity index (χ0) is 19.0. The third-order valence-corrected chi connectivity index (χ3v) is 3.05. The summed E-state index contributed by atoms with van der Waals surface area (Å²) in [7, 11) is 0. The summed E-state index contributed by atoms with van der Waals surface area (Å²) >= 11 is 0. The molecule has 6 nitrogen and oxygen atoms in total. The van der Waals surface area contributed by atoms with Crippen LogP contribution in [0, 0.1) is 6.92 Å². The molecule has 0 aliphatic heterocycles. The summed E-state index contributed by atoms with van der Waals surface area (Å²) in [5.74, 6) is 0. The average Bonchev–Trinajstić information content (AvgIpc) is 2.69. The van der Waals surface area contributed by atoms with E-state index in [1.54, 1.807) is 65.8 Å². The summed E-state index contributed by atoms with van der Waals surface area (Å²) in [5.41, 5.74) is 0.194. The van der Waals surface area contributed by atoms with Crippen LogP contribution in [-0.4, -0.2) is 28.0 Å². The first-order valence-corrected chi connectivity index (χ1v) is 8.00. The molecule has 0 bridgehead atoms. The molecule has 2 radical (unpaired) electrons. The molecule has 1 N–H and O–H groups in total. The summed E-state index contributed by atoms with van der Waals surface area (Å²) in [6.07, 6.45) is -1.10. The third-order valence-electron chi connectivity index (χ3n) is 3.05. The number of nitrogens with one attached hydrogen (secondary N) is 1. The van der Waals surface area contributed by atoms with E-state index in [1.807, 2.05) is 0 Å². The van der Waals surface area contributed by atoms with Gasteiger partial charge in [-0.25, -0.2) is 14.2 Å². The topological polar surface area (TPSA) is 69.6 Å². The smallest absolute Gasteiger partial charge is 0.419 e. The molecule has 2 aromatic rings. The van der Waals surface area contributed by atoms with Crippen LogP contribution in [0.25, 0.3) is 10.9 Å². The Hall–Kier alpha value is -2.50. The van der Waals surface area contributed by atoms with Gasteiger partial charge < -0.3 is 9.47 Å². The maximum atomic E-state index is 12.3. The van der Waals surface area contributed by atoms with Gasteiger partial charge in [-0.05, 0) is 65.8 Å². The summed E-state index contributed by atoms with van der Waals surface area (Å²) in [6, 6.07) is 6.74. The number of carbonyl (C=O) groups excluding carboxylic acids is 2. The van der Waals surface area contributed by atoms with Crippen molar-refractivity contribution in [3.8, 4) is 0 Å². The zero-order valence-corrected chi connectivity index (χ0v) is 15.5. The van der Waals surface area contributed by atoms with E-state index >= 15 is 0 Å². The normalized spacial score (nSPS) is 12.1. The lowest BCUT2D eigenvalue weighted by Crippen LogP contribution is -2.27. The van der Waals surface area contributed by atoms with Crippen molar-refractivity contribution < 1.29 is 19.1 Å². The fourth-order valence-electron chi connectivity index (χ4n) is 2.25. The summed E-state index contributed by atoms with van der Waals surface area (Å²) in [6.45, 7) is 16.7. The predicted molar refractivity (Wildman–Crippen MR) is 96.8 cm³/mol. The second-order valence-electron chi connectivity index (χ2n) is 7.79. The Bertz CT molecular complexity index is 807. The summed E-state index contributed by atoms with van der Waals surface area (Å²) in [5, 5.41) is 3.36. The number of nitrogens with zero attached hydrogens (tertiary/aromatic N) is 1. The fourth-order valence-corrected chi connectivity index (χ4v) is 2.25. The second kappa shape index (κ2) is 6.43. The van der Waals surface area contributed by atoms with E-state index in [-0.39, 0.29) is 5.69 Å². The van der Waals surface area contributed by atoms with Crippen molar-refractivity contribution in [3.05, 3.63) is 36.9 Å². The van der Waals surface area contributed by atoms with Crippen LogP contribution >= 0.6 is 0 Å². The number of hydrogen-bond acceptors (Lipinski definition) is 4. The lowest BCUT2D eigenvalue weighted by atomic mass is 10.2. The van der Waals surface area contributed by atoms with Crippen molar-refractivity contribution in [3.63, 3.8) is 0 Å². The van der Waals surface area contributed by atoms with Gasteiger partial charge in [0, 0.05) is 23.7 Å². The van der Waals surface area contributed by atoms with E-state index in [0.717, 1.165) is 0 Å². The van der Waals surface area contributed by atoms with Crippen molar-refractivity contribution >= 4 is 28.8 Å². The van der Waals surface area contributed by atoms with Crippen LogP contribution in [-0.2, 0) is 9.47 Å². The predicted octanol–water partition coefficient (Wildman–Crippen LogP) is 4.83. The van der Waals surface area contributed by atoms with Crippen LogP contribution in [0.15, 0.2) is 24.3 Å². The van der Waals surface area contributed by atoms with Gasteiger partial charge in [-0.3, -0.25) is 5.32 Å². The van der Waals surface area contributed by atoms with Crippen molar-refractivity contribution in [1.29, 1.82) is 0 Å². The molecule has 1 aromatic carbocycles. The van der Waals surface area contributed by atoms with Crippen LogP contribution in [0.4, 0.5) is 15.3 Å². The van der Waals surface area contributed by atoms with Gasteiger partial charge in [0.05, 0.1) is 5.52 Å². The molecule has 1 heterocycles. The van der Waals surface area contributed by atoms with Gasteiger partial charge in [-0.15, -0.1) is 0 Å². The third kappa shape index (κ3) is 4.98. The maximum Gasteiger partial charge on any atom is 0.419 e. The number of hydrogen-bond donors (Lipinski definition) is 1. The molecule has 0 unspecified atom stereocenters. The molecule has 1 amide bonds. The van der Waals surface area contributed by atoms with Crippen LogP contribution in [0.1, 0.15) is 47.2 Å². The number of aromatic nitrogens is 1.